The maximum absolute atomic E-state index is 12.8. The Hall–Kier alpha value is -1.00. The van der Waals surface area contributed by atoms with Gasteiger partial charge in [-0.25, -0.2) is 4.98 Å². The van der Waals surface area contributed by atoms with Crippen LogP contribution in [0.15, 0.2) is 29.1 Å². The van der Waals surface area contributed by atoms with Crippen LogP contribution in [0.4, 0.5) is 0 Å². The van der Waals surface area contributed by atoms with Crippen LogP contribution in [0.5, 0.6) is 0 Å². The number of hydrogen-bond donors (Lipinski definition) is 0. The minimum Gasteiger partial charge on any atom is -0.292 e. The van der Waals surface area contributed by atoms with Gasteiger partial charge in [0.15, 0.2) is 0 Å². The van der Waals surface area contributed by atoms with Crippen molar-refractivity contribution in [2.75, 3.05) is 12.0 Å². The van der Waals surface area contributed by atoms with Crippen molar-refractivity contribution >= 4 is 34.3 Å². The Morgan fingerprint density at radius 1 is 1.38 bits per heavy atom. The lowest BCUT2D eigenvalue weighted by atomic mass is 10.2. The highest BCUT2D eigenvalue weighted by atomic mass is 35.5. The van der Waals surface area contributed by atoms with Crippen molar-refractivity contribution < 1.29 is 0 Å². The zero-order chi connectivity index (χ0) is 15.4. The average Bonchev–Trinajstić information content (AvgIpc) is 2.51. The van der Waals surface area contributed by atoms with Gasteiger partial charge in [0, 0.05) is 6.04 Å². The maximum Gasteiger partial charge on any atom is 0.261 e. The second-order valence-electron chi connectivity index (χ2n) is 5.17. The zero-order valence-corrected chi connectivity index (χ0v) is 14.2. The number of benzene rings is 1. The molecule has 114 valence electrons. The molecule has 1 heterocycles. The molecule has 0 N–H and O–H groups in total. The first-order valence-corrected chi connectivity index (χ1v) is 9.07. The minimum absolute atomic E-state index is 0.0169. The van der Waals surface area contributed by atoms with Gasteiger partial charge in [0.25, 0.3) is 5.56 Å². The number of fused-ring (bicyclic) bond motifs is 1. The van der Waals surface area contributed by atoms with Gasteiger partial charge in [-0.1, -0.05) is 19.1 Å². The minimum atomic E-state index is -0.237. The molecule has 0 radical (unpaired) electrons. The molecule has 1 aromatic heterocycles. The normalized spacial score (nSPS) is 14.3. The number of nitrogens with zero attached hydrogens (tertiary/aromatic N) is 2. The highest BCUT2D eigenvalue weighted by molar-refractivity contribution is 7.98. The fraction of sp³-hybridized carbons (Fsp3) is 0.500. The summed E-state index contributed by atoms with van der Waals surface area (Å²) < 4.78 is 1.79. The molecule has 3 nitrogen and oxygen atoms in total. The Labute approximate surface area is 134 Å². The number of rotatable bonds is 6. The van der Waals surface area contributed by atoms with Crippen LogP contribution in [-0.4, -0.2) is 21.6 Å². The van der Waals surface area contributed by atoms with Gasteiger partial charge in [-0.15, -0.1) is 11.6 Å². The molecule has 0 fully saturated rings. The van der Waals surface area contributed by atoms with Crippen molar-refractivity contribution in [2.45, 2.75) is 38.1 Å². The third-order valence-electron chi connectivity index (χ3n) is 3.65. The molecule has 0 aliphatic heterocycles. The lowest BCUT2D eigenvalue weighted by Crippen LogP contribution is -2.29. The Bertz CT molecular complexity index is 671. The first-order chi connectivity index (χ1) is 10.1. The van der Waals surface area contributed by atoms with E-state index in [1.165, 1.54) is 0 Å². The lowest BCUT2D eigenvalue weighted by molar-refractivity contribution is 0.485. The summed E-state index contributed by atoms with van der Waals surface area (Å²) in [6.07, 6.45) is 3.76. The predicted octanol–water partition coefficient (Wildman–Crippen LogP) is 4.40. The van der Waals surface area contributed by atoms with Gasteiger partial charge in [-0.3, -0.25) is 9.36 Å². The topological polar surface area (TPSA) is 34.9 Å². The molecule has 5 heteroatoms. The summed E-state index contributed by atoms with van der Waals surface area (Å²) in [6.45, 7) is 4.08. The smallest absolute Gasteiger partial charge is 0.261 e. The van der Waals surface area contributed by atoms with Gasteiger partial charge >= 0.3 is 0 Å². The largest absolute Gasteiger partial charge is 0.292 e. The molecule has 0 bridgehead atoms. The molecule has 1 aromatic carbocycles. The number of aromatic nitrogens is 2. The molecule has 0 saturated heterocycles. The Kier molecular flexibility index (Phi) is 5.71. The molecule has 2 rings (SSSR count). The van der Waals surface area contributed by atoms with E-state index in [2.05, 4.69) is 18.2 Å². The van der Waals surface area contributed by atoms with Gasteiger partial charge in [0.1, 0.15) is 5.82 Å². The van der Waals surface area contributed by atoms with Crippen molar-refractivity contribution in [2.24, 2.45) is 0 Å². The molecule has 2 aromatic rings. The molecule has 2 unspecified atom stereocenters. The van der Waals surface area contributed by atoms with E-state index >= 15 is 0 Å². The number of halogens is 1. The van der Waals surface area contributed by atoms with E-state index in [0.717, 1.165) is 24.1 Å². The third kappa shape index (κ3) is 3.43. The number of hydrogen-bond acceptors (Lipinski definition) is 3. The molecule has 21 heavy (non-hydrogen) atoms. The summed E-state index contributed by atoms with van der Waals surface area (Å²) in [6, 6.07) is 7.58. The van der Waals surface area contributed by atoms with Gasteiger partial charge in [0.05, 0.1) is 16.3 Å². The van der Waals surface area contributed by atoms with Crippen molar-refractivity contribution in [3.63, 3.8) is 0 Å². The van der Waals surface area contributed by atoms with Crippen LogP contribution in [0.1, 0.15) is 43.9 Å². The van der Waals surface area contributed by atoms with E-state index in [9.17, 15) is 4.79 Å². The Morgan fingerprint density at radius 2 is 2.10 bits per heavy atom. The van der Waals surface area contributed by atoms with E-state index in [4.69, 9.17) is 11.6 Å². The van der Waals surface area contributed by atoms with Crippen LogP contribution in [0, 0.1) is 0 Å². The highest BCUT2D eigenvalue weighted by Crippen LogP contribution is 2.26. The van der Waals surface area contributed by atoms with Crippen LogP contribution < -0.4 is 5.56 Å². The maximum atomic E-state index is 12.8. The molecule has 2 atom stereocenters. The van der Waals surface area contributed by atoms with Crippen LogP contribution in [0.25, 0.3) is 10.9 Å². The first kappa shape index (κ1) is 16.4. The summed E-state index contributed by atoms with van der Waals surface area (Å²) in [7, 11) is 0. The predicted molar refractivity (Wildman–Crippen MR) is 92.6 cm³/mol. The summed E-state index contributed by atoms with van der Waals surface area (Å²) in [4.78, 5) is 17.5. The monoisotopic (exact) mass is 324 g/mol. The molecular formula is C16H21ClN2OS. The molecule has 0 aliphatic carbocycles. The van der Waals surface area contributed by atoms with Crippen molar-refractivity contribution in [3.05, 3.63) is 40.4 Å². The van der Waals surface area contributed by atoms with E-state index in [-0.39, 0.29) is 17.0 Å². The van der Waals surface area contributed by atoms with Crippen LogP contribution in [-0.2, 0) is 0 Å². The fourth-order valence-electron chi connectivity index (χ4n) is 2.41. The molecular weight excluding hydrogens is 304 g/mol. The molecule has 0 amide bonds. The molecule has 0 saturated carbocycles. The van der Waals surface area contributed by atoms with Crippen LogP contribution in [0.2, 0.25) is 0 Å². The summed E-state index contributed by atoms with van der Waals surface area (Å²) in [5.41, 5.74) is 0.744. The quantitative estimate of drug-likeness (QED) is 0.739. The average molecular weight is 325 g/mol. The van der Waals surface area contributed by atoms with Gasteiger partial charge in [-0.2, -0.15) is 11.8 Å². The molecule has 0 aliphatic rings. The Morgan fingerprint density at radius 3 is 2.76 bits per heavy atom. The van der Waals surface area contributed by atoms with E-state index in [1.54, 1.807) is 16.3 Å². The zero-order valence-electron chi connectivity index (χ0n) is 12.7. The number of thioether (sulfide) groups is 1. The van der Waals surface area contributed by atoms with Gasteiger partial charge in [-0.05, 0) is 43.9 Å². The lowest BCUT2D eigenvalue weighted by Gasteiger charge is -2.21. The van der Waals surface area contributed by atoms with Crippen molar-refractivity contribution in [1.82, 2.24) is 9.55 Å². The summed E-state index contributed by atoms with van der Waals surface area (Å²) >= 11 is 8.20. The van der Waals surface area contributed by atoms with E-state index in [1.807, 2.05) is 31.2 Å². The van der Waals surface area contributed by atoms with Gasteiger partial charge < -0.3 is 0 Å². The number of para-hydroxylation sites is 1. The third-order valence-corrected chi connectivity index (χ3v) is 4.80. The Balaban J connectivity index is 2.64. The van der Waals surface area contributed by atoms with Crippen molar-refractivity contribution in [1.29, 1.82) is 0 Å². The first-order valence-electron chi connectivity index (χ1n) is 7.24. The van der Waals surface area contributed by atoms with E-state index in [0.29, 0.717) is 11.2 Å². The summed E-state index contributed by atoms with van der Waals surface area (Å²) in [5, 5.41) is 0.427. The second kappa shape index (κ2) is 7.32. The standard InChI is InChI=1S/C16H21ClN2OS/c1-4-13(17)15-18-14-8-6-5-7-12(14)16(20)19(15)11(2)9-10-21-3/h5-8,11,13H,4,9-10H2,1-3H3. The SMILES string of the molecule is CCC(Cl)c1nc2ccccc2c(=O)n1C(C)CCSC. The fourth-order valence-corrected chi connectivity index (χ4v) is 3.14. The number of alkyl halides is 1. The van der Waals surface area contributed by atoms with Crippen LogP contribution in [0.3, 0.4) is 0 Å². The van der Waals surface area contributed by atoms with Gasteiger partial charge in [0.2, 0.25) is 0 Å². The highest BCUT2D eigenvalue weighted by Gasteiger charge is 2.20. The second-order valence-corrected chi connectivity index (χ2v) is 6.68. The molecule has 0 spiro atoms. The van der Waals surface area contributed by atoms with E-state index < -0.39 is 0 Å². The summed E-state index contributed by atoms with van der Waals surface area (Å²) in [5.74, 6) is 1.70. The van der Waals surface area contributed by atoms with Crippen molar-refractivity contribution in [3.8, 4) is 0 Å². The van der Waals surface area contributed by atoms with Crippen LogP contribution >= 0.6 is 23.4 Å².